The number of benzene rings is 1. The molecule has 1 aliphatic carbocycles. The summed E-state index contributed by atoms with van der Waals surface area (Å²) in [7, 11) is 0. The molecule has 1 fully saturated rings. The minimum atomic E-state index is -0.0262. The van der Waals surface area contributed by atoms with Crippen molar-refractivity contribution in [3.05, 3.63) is 52.3 Å². The van der Waals surface area contributed by atoms with Crippen LogP contribution >= 0.6 is 11.6 Å². The third kappa shape index (κ3) is 3.36. The molecule has 22 heavy (non-hydrogen) atoms. The topological polar surface area (TPSA) is 59.3 Å². The molecule has 0 saturated heterocycles. The highest BCUT2D eigenvalue weighted by Crippen LogP contribution is 2.28. The van der Waals surface area contributed by atoms with Crippen molar-refractivity contribution in [2.45, 2.75) is 26.3 Å². The number of nitrogens with one attached hydrogen (secondary N) is 1. The molecule has 0 bridgehead atoms. The zero-order valence-electron chi connectivity index (χ0n) is 12.3. The van der Waals surface area contributed by atoms with Gasteiger partial charge in [-0.3, -0.25) is 4.79 Å². The van der Waals surface area contributed by atoms with Crippen molar-refractivity contribution >= 4 is 23.7 Å². The van der Waals surface area contributed by atoms with Crippen LogP contribution in [0, 0.1) is 12.8 Å². The first-order valence-electron chi connectivity index (χ1n) is 7.25. The lowest BCUT2D eigenvalue weighted by molar-refractivity contribution is -0.122. The molecule has 1 aromatic carbocycles. The molecule has 0 atom stereocenters. The second kappa shape index (κ2) is 6.32. The van der Waals surface area contributed by atoms with Crippen LogP contribution < -0.4 is 5.43 Å². The quantitative estimate of drug-likeness (QED) is 0.681. The van der Waals surface area contributed by atoms with Gasteiger partial charge in [-0.2, -0.15) is 10.2 Å². The van der Waals surface area contributed by atoms with E-state index >= 15 is 0 Å². The highest BCUT2D eigenvalue weighted by atomic mass is 35.5. The van der Waals surface area contributed by atoms with Gasteiger partial charge in [0, 0.05) is 5.92 Å². The maximum absolute atomic E-state index is 11.5. The monoisotopic (exact) mass is 316 g/mol. The van der Waals surface area contributed by atoms with Crippen LogP contribution in [-0.4, -0.2) is 21.9 Å². The molecule has 3 rings (SSSR count). The van der Waals surface area contributed by atoms with Crippen molar-refractivity contribution in [3.63, 3.8) is 0 Å². The second-order valence-electron chi connectivity index (χ2n) is 5.44. The summed E-state index contributed by atoms with van der Waals surface area (Å²) in [5, 5.41) is 8.93. The van der Waals surface area contributed by atoms with Gasteiger partial charge in [0.25, 0.3) is 0 Å². The van der Waals surface area contributed by atoms with Crippen molar-refractivity contribution in [3.8, 4) is 0 Å². The molecule has 0 aliphatic heterocycles. The molecule has 1 heterocycles. The predicted molar refractivity (Wildman–Crippen MR) is 86.0 cm³/mol. The summed E-state index contributed by atoms with van der Waals surface area (Å²) < 4.78 is 1.73. The van der Waals surface area contributed by atoms with E-state index in [2.05, 4.69) is 15.6 Å². The molecule has 1 amide bonds. The third-order valence-electron chi connectivity index (χ3n) is 3.60. The van der Waals surface area contributed by atoms with Gasteiger partial charge in [0.1, 0.15) is 5.15 Å². The first kappa shape index (κ1) is 14.8. The zero-order valence-corrected chi connectivity index (χ0v) is 13.0. The van der Waals surface area contributed by atoms with Crippen molar-refractivity contribution < 1.29 is 4.79 Å². The normalized spacial score (nSPS) is 14.5. The number of aromatic nitrogens is 2. The van der Waals surface area contributed by atoms with Gasteiger partial charge in [-0.05, 0) is 25.3 Å². The molecule has 1 aromatic heterocycles. The Labute approximate surface area is 134 Å². The SMILES string of the molecule is Cc1nn(Cc2ccccc2)c(Cl)c1C=NNC(=O)C1CC1. The van der Waals surface area contributed by atoms with Gasteiger partial charge in [0.05, 0.1) is 24.0 Å². The number of hydrazone groups is 1. The summed E-state index contributed by atoms with van der Waals surface area (Å²) in [6.07, 6.45) is 3.47. The van der Waals surface area contributed by atoms with Gasteiger partial charge >= 0.3 is 0 Å². The lowest BCUT2D eigenvalue weighted by atomic mass is 10.2. The average molecular weight is 317 g/mol. The van der Waals surface area contributed by atoms with Gasteiger partial charge < -0.3 is 0 Å². The highest BCUT2D eigenvalue weighted by Gasteiger charge is 2.29. The fraction of sp³-hybridized carbons (Fsp3) is 0.312. The van der Waals surface area contributed by atoms with Crippen LogP contribution in [0.4, 0.5) is 0 Å². The number of hydrogen-bond acceptors (Lipinski definition) is 3. The minimum Gasteiger partial charge on any atom is -0.273 e. The molecule has 114 valence electrons. The minimum absolute atomic E-state index is 0.0262. The third-order valence-corrected chi connectivity index (χ3v) is 4.00. The number of amides is 1. The Hall–Kier alpha value is -2.14. The number of halogens is 1. The number of nitrogens with zero attached hydrogens (tertiary/aromatic N) is 3. The molecule has 0 unspecified atom stereocenters. The Balaban J connectivity index is 1.72. The van der Waals surface area contributed by atoms with E-state index in [1.807, 2.05) is 37.3 Å². The van der Waals surface area contributed by atoms with Crippen molar-refractivity contribution in [2.24, 2.45) is 11.0 Å². The Kier molecular flexibility index (Phi) is 4.24. The fourth-order valence-corrected chi connectivity index (χ4v) is 2.46. The summed E-state index contributed by atoms with van der Waals surface area (Å²) >= 11 is 6.37. The summed E-state index contributed by atoms with van der Waals surface area (Å²) in [5.41, 5.74) is 5.18. The first-order valence-corrected chi connectivity index (χ1v) is 7.62. The maximum Gasteiger partial charge on any atom is 0.243 e. The van der Waals surface area contributed by atoms with Crippen LogP contribution in [-0.2, 0) is 11.3 Å². The number of carbonyl (C=O) groups is 1. The smallest absolute Gasteiger partial charge is 0.243 e. The Bertz CT molecular complexity index is 704. The molecule has 0 spiro atoms. The Morgan fingerprint density at radius 2 is 2.18 bits per heavy atom. The predicted octanol–water partition coefficient (Wildman–Crippen LogP) is 2.75. The van der Waals surface area contributed by atoms with Gasteiger partial charge in [-0.15, -0.1) is 0 Å². The summed E-state index contributed by atoms with van der Waals surface area (Å²) in [5.74, 6) is 0.108. The van der Waals surface area contributed by atoms with E-state index in [0.29, 0.717) is 11.7 Å². The van der Waals surface area contributed by atoms with E-state index in [1.165, 1.54) is 0 Å². The zero-order chi connectivity index (χ0) is 15.5. The summed E-state index contributed by atoms with van der Waals surface area (Å²) in [6, 6.07) is 9.98. The van der Waals surface area contributed by atoms with E-state index in [0.717, 1.165) is 29.7 Å². The van der Waals surface area contributed by atoms with Crippen molar-refractivity contribution in [1.29, 1.82) is 0 Å². The van der Waals surface area contributed by atoms with E-state index in [1.54, 1.807) is 10.9 Å². The molecular formula is C16H17ClN4O. The fourth-order valence-electron chi connectivity index (χ4n) is 2.17. The molecule has 0 radical (unpaired) electrons. The second-order valence-corrected chi connectivity index (χ2v) is 5.80. The standard InChI is InChI=1S/C16H17ClN4O/c1-11-14(9-18-19-16(22)13-7-8-13)15(17)21(20-11)10-12-5-3-2-4-6-12/h2-6,9,13H,7-8,10H2,1H3,(H,19,22). The van der Waals surface area contributed by atoms with Gasteiger partial charge in [-0.25, -0.2) is 10.1 Å². The Morgan fingerprint density at radius 3 is 2.86 bits per heavy atom. The van der Waals surface area contributed by atoms with Crippen LogP contribution in [0.5, 0.6) is 0 Å². The van der Waals surface area contributed by atoms with E-state index in [9.17, 15) is 4.79 Å². The largest absolute Gasteiger partial charge is 0.273 e. The lowest BCUT2D eigenvalue weighted by Crippen LogP contribution is -2.19. The van der Waals surface area contributed by atoms with Crippen LogP contribution in [0.1, 0.15) is 29.7 Å². The first-order chi connectivity index (χ1) is 10.6. The van der Waals surface area contributed by atoms with Gasteiger partial charge in [-0.1, -0.05) is 41.9 Å². The Morgan fingerprint density at radius 1 is 1.45 bits per heavy atom. The van der Waals surface area contributed by atoms with E-state index in [-0.39, 0.29) is 11.8 Å². The van der Waals surface area contributed by atoms with Gasteiger partial charge in [0.2, 0.25) is 5.91 Å². The van der Waals surface area contributed by atoms with Crippen LogP contribution in [0.25, 0.3) is 0 Å². The summed E-state index contributed by atoms with van der Waals surface area (Å²) in [6.45, 7) is 2.47. The maximum atomic E-state index is 11.5. The van der Waals surface area contributed by atoms with Crippen molar-refractivity contribution in [2.75, 3.05) is 0 Å². The van der Waals surface area contributed by atoms with Crippen LogP contribution in [0.15, 0.2) is 35.4 Å². The van der Waals surface area contributed by atoms with E-state index in [4.69, 9.17) is 11.6 Å². The molecule has 1 N–H and O–H groups in total. The number of hydrogen-bond donors (Lipinski definition) is 1. The molecule has 1 aliphatic rings. The average Bonchev–Trinajstić information content (AvgIpc) is 3.32. The van der Waals surface area contributed by atoms with Gasteiger partial charge in [0.15, 0.2) is 0 Å². The highest BCUT2D eigenvalue weighted by molar-refractivity contribution is 6.32. The molecular weight excluding hydrogens is 300 g/mol. The molecule has 5 nitrogen and oxygen atoms in total. The van der Waals surface area contributed by atoms with E-state index < -0.39 is 0 Å². The van der Waals surface area contributed by atoms with Crippen LogP contribution in [0.3, 0.4) is 0 Å². The number of aryl methyl sites for hydroxylation is 1. The van der Waals surface area contributed by atoms with Crippen molar-refractivity contribution in [1.82, 2.24) is 15.2 Å². The molecule has 6 heteroatoms. The molecule has 2 aromatic rings. The summed E-state index contributed by atoms with van der Waals surface area (Å²) in [4.78, 5) is 11.5. The number of rotatable bonds is 5. The molecule has 1 saturated carbocycles. The number of carbonyl (C=O) groups excluding carboxylic acids is 1. The van der Waals surface area contributed by atoms with Crippen LogP contribution in [0.2, 0.25) is 5.15 Å². The lowest BCUT2D eigenvalue weighted by Gasteiger charge is -2.03.